The number of allylic oxidation sites excluding steroid dienone is 3. The van der Waals surface area contributed by atoms with Crippen LogP contribution in [0.4, 0.5) is 0 Å². The third kappa shape index (κ3) is 5.28. The van der Waals surface area contributed by atoms with Crippen LogP contribution in [0.3, 0.4) is 0 Å². The summed E-state index contributed by atoms with van der Waals surface area (Å²) in [7, 11) is 4.00. The molecule has 1 heteroatoms. The summed E-state index contributed by atoms with van der Waals surface area (Å²) in [5, 5.41) is 0. The molecular weight excluding hydrogens is 98.1 g/mol. The molecule has 8 heavy (non-hydrogen) atoms. The summed E-state index contributed by atoms with van der Waals surface area (Å²) >= 11 is 0. The molecular formula is C7H13N. The van der Waals surface area contributed by atoms with Gasteiger partial charge in [0.15, 0.2) is 0 Å². The van der Waals surface area contributed by atoms with Crippen LogP contribution in [0.25, 0.3) is 0 Å². The van der Waals surface area contributed by atoms with Crippen LogP contribution in [-0.2, 0) is 0 Å². The molecule has 0 N–H and O–H groups in total. The summed E-state index contributed by atoms with van der Waals surface area (Å²) in [6.45, 7) is 2.00. The zero-order valence-electron chi connectivity index (χ0n) is 5.76. The topological polar surface area (TPSA) is 3.24 Å². The average molecular weight is 111 g/mol. The van der Waals surface area contributed by atoms with Crippen molar-refractivity contribution in [3.63, 3.8) is 0 Å². The first-order valence-corrected chi connectivity index (χ1v) is 2.73. The van der Waals surface area contributed by atoms with Gasteiger partial charge in [-0.2, -0.15) is 0 Å². The lowest BCUT2D eigenvalue weighted by Crippen LogP contribution is -1.99. The highest BCUT2D eigenvalue weighted by atomic mass is 15.0. The molecule has 0 atom stereocenters. The molecule has 0 radical (unpaired) electrons. The molecule has 0 aromatic rings. The van der Waals surface area contributed by atoms with Crippen LogP contribution in [0.5, 0.6) is 0 Å². The van der Waals surface area contributed by atoms with Crippen molar-refractivity contribution in [1.82, 2.24) is 4.90 Å². The van der Waals surface area contributed by atoms with Crippen LogP contribution in [0.2, 0.25) is 0 Å². The molecule has 0 aromatic carbocycles. The van der Waals surface area contributed by atoms with E-state index in [9.17, 15) is 0 Å². The lowest BCUT2D eigenvalue weighted by atomic mass is 10.5. The van der Waals surface area contributed by atoms with Crippen molar-refractivity contribution in [1.29, 1.82) is 0 Å². The fourth-order valence-corrected chi connectivity index (χ4v) is 0.333. The molecule has 0 aliphatic rings. The monoisotopic (exact) mass is 111 g/mol. The van der Waals surface area contributed by atoms with Crippen LogP contribution in [0, 0.1) is 0 Å². The van der Waals surface area contributed by atoms with Crippen LogP contribution in [0.15, 0.2) is 24.4 Å². The van der Waals surface area contributed by atoms with Crippen LogP contribution >= 0.6 is 0 Å². The Bertz CT molecular complexity index is 90.6. The lowest BCUT2D eigenvalue weighted by molar-refractivity contribution is 0.564. The highest BCUT2D eigenvalue weighted by Gasteiger charge is 1.68. The number of nitrogens with zero attached hydrogens (tertiary/aromatic N) is 1. The first-order valence-electron chi connectivity index (χ1n) is 2.73. The van der Waals surface area contributed by atoms with Gasteiger partial charge in [-0.1, -0.05) is 12.2 Å². The summed E-state index contributed by atoms with van der Waals surface area (Å²) in [5.41, 5.74) is 0. The van der Waals surface area contributed by atoms with E-state index >= 15 is 0 Å². The largest absolute Gasteiger partial charge is 0.383 e. The molecule has 1 nitrogen and oxygen atoms in total. The van der Waals surface area contributed by atoms with Crippen molar-refractivity contribution in [3.8, 4) is 0 Å². The minimum atomic E-state index is 2.00. The maximum Gasteiger partial charge on any atom is 0.00556 e. The normalized spacial score (nSPS) is 11.4. The van der Waals surface area contributed by atoms with E-state index in [0.29, 0.717) is 0 Å². The van der Waals surface area contributed by atoms with Gasteiger partial charge in [-0.15, -0.1) is 0 Å². The van der Waals surface area contributed by atoms with Crippen LogP contribution in [-0.4, -0.2) is 19.0 Å². The van der Waals surface area contributed by atoms with Gasteiger partial charge >= 0.3 is 0 Å². The van der Waals surface area contributed by atoms with Gasteiger partial charge in [0.25, 0.3) is 0 Å². The standard InChI is InChI=1S/C7H13N/c1-4-5-6-7-8(2)3/h4-7H,1-3H3/b5-4+,7-6-. The molecule has 0 bridgehead atoms. The summed E-state index contributed by atoms with van der Waals surface area (Å²) < 4.78 is 0. The first-order chi connectivity index (χ1) is 3.77. The van der Waals surface area contributed by atoms with Gasteiger partial charge in [0, 0.05) is 14.1 Å². The highest BCUT2D eigenvalue weighted by Crippen LogP contribution is 1.78. The molecule has 0 saturated heterocycles. The Morgan fingerprint density at radius 1 is 1.12 bits per heavy atom. The van der Waals surface area contributed by atoms with Crippen molar-refractivity contribution in [2.75, 3.05) is 14.1 Å². The molecule has 0 unspecified atom stereocenters. The summed E-state index contributed by atoms with van der Waals surface area (Å²) in [6.07, 6.45) is 8.00. The van der Waals surface area contributed by atoms with Crippen molar-refractivity contribution >= 4 is 0 Å². The predicted molar refractivity (Wildman–Crippen MR) is 37.6 cm³/mol. The van der Waals surface area contributed by atoms with E-state index in [2.05, 4.69) is 0 Å². The first kappa shape index (κ1) is 7.28. The van der Waals surface area contributed by atoms with E-state index in [4.69, 9.17) is 0 Å². The Balaban J connectivity index is 3.34. The minimum Gasteiger partial charge on any atom is -0.383 e. The van der Waals surface area contributed by atoms with E-state index in [-0.39, 0.29) is 0 Å². The van der Waals surface area contributed by atoms with Gasteiger partial charge in [0.05, 0.1) is 0 Å². The summed E-state index contributed by atoms with van der Waals surface area (Å²) in [4.78, 5) is 2.00. The van der Waals surface area contributed by atoms with Crippen molar-refractivity contribution < 1.29 is 0 Å². The van der Waals surface area contributed by atoms with Gasteiger partial charge < -0.3 is 4.90 Å². The Hall–Kier alpha value is -0.720. The summed E-state index contributed by atoms with van der Waals surface area (Å²) in [6, 6.07) is 0. The maximum absolute atomic E-state index is 2.00. The second-order valence-corrected chi connectivity index (χ2v) is 1.83. The van der Waals surface area contributed by atoms with Crippen molar-refractivity contribution in [2.24, 2.45) is 0 Å². The van der Waals surface area contributed by atoms with Crippen molar-refractivity contribution in [3.05, 3.63) is 24.4 Å². The molecule has 0 aromatic heterocycles. The van der Waals surface area contributed by atoms with Gasteiger partial charge in [-0.3, -0.25) is 0 Å². The Morgan fingerprint density at radius 3 is 2.12 bits per heavy atom. The van der Waals surface area contributed by atoms with E-state index in [1.54, 1.807) is 0 Å². The van der Waals surface area contributed by atoms with E-state index in [1.807, 2.05) is 50.3 Å². The van der Waals surface area contributed by atoms with E-state index in [0.717, 1.165) is 0 Å². The van der Waals surface area contributed by atoms with Gasteiger partial charge in [0.1, 0.15) is 0 Å². The Kier molecular flexibility index (Phi) is 4.04. The van der Waals surface area contributed by atoms with Gasteiger partial charge in [0.2, 0.25) is 0 Å². The fourth-order valence-electron chi connectivity index (χ4n) is 0.333. The second kappa shape index (κ2) is 4.44. The number of hydrogen-bond acceptors (Lipinski definition) is 1. The van der Waals surface area contributed by atoms with Gasteiger partial charge in [-0.25, -0.2) is 0 Å². The SMILES string of the molecule is C/C=C/C=C\N(C)C. The van der Waals surface area contributed by atoms with E-state index in [1.165, 1.54) is 0 Å². The number of hydrogen-bond donors (Lipinski definition) is 0. The van der Waals surface area contributed by atoms with Crippen molar-refractivity contribution in [2.45, 2.75) is 6.92 Å². The van der Waals surface area contributed by atoms with Crippen LogP contribution in [0.1, 0.15) is 6.92 Å². The Labute approximate surface area is 51.3 Å². The molecule has 46 valence electrons. The third-order valence-electron chi connectivity index (χ3n) is 0.688. The molecule has 0 fully saturated rings. The average Bonchev–Trinajstić information content (AvgIpc) is 1.66. The lowest BCUT2D eigenvalue weighted by Gasteiger charge is -2.00. The molecule has 0 aliphatic heterocycles. The quantitative estimate of drug-likeness (QED) is 0.490. The Morgan fingerprint density at radius 2 is 1.75 bits per heavy atom. The maximum atomic E-state index is 2.00. The molecule has 0 amide bonds. The predicted octanol–water partition coefficient (Wildman–Crippen LogP) is 1.64. The number of rotatable bonds is 2. The molecule has 0 aliphatic carbocycles. The minimum absolute atomic E-state index is 2.00. The van der Waals surface area contributed by atoms with Crippen LogP contribution < -0.4 is 0 Å². The molecule has 0 rings (SSSR count). The fraction of sp³-hybridized carbons (Fsp3) is 0.429. The zero-order chi connectivity index (χ0) is 6.41. The highest BCUT2D eigenvalue weighted by molar-refractivity contribution is 4.99. The second-order valence-electron chi connectivity index (χ2n) is 1.83. The third-order valence-corrected chi connectivity index (χ3v) is 0.688. The molecule has 0 heterocycles. The summed E-state index contributed by atoms with van der Waals surface area (Å²) in [5.74, 6) is 0. The van der Waals surface area contributed by atoms with E-state index < -0.39 is 0 Å². The smallest absolute Gasteiger partial charge is 0.00556 e. The molecule has 0 saturated carbocycles. The zero-order valence-corrected chi connectivity index (χ0v) is 5.76. The van der Waals surface area contributed by atoms with Gasteiger partial charge in [-0.05, 0) is 19.2 Å². The molecule has 0 spiro atoms.